The molecule has 0 aliphatic heterocycles. The summed E-state index contributed by atoms with van der Waals surface area (Å²) in [4.78, 5) is 19.4. The van der Waals surface area contributed by atoms with Crippen molar-refractivity contribution in [1.82, 2.24) is 9.97 Å². The maximum Gasteiger partial charge on any atom is 0.155 e. The van der Waals surface area contributed by atoms with Gasteiger partial charge in [-0.25, -0.2) is 0 Å². The zero-order valence-electron chi connectivity index (χ0n) is 17.8. The number of hydrogen-bond donors (Lipinski definition) is 1. The number of aryl methyl sites for hydroxylation is 1. The van der Waals surface area contributed by atoms with Crippen molar-refractivity contribution < 1.29 is 34.4 Å². The van der Waals surface area contributed by atoms with Gasteiger partial charge < -0.3 is 9.52 Å². The van der Waals surface area contributed by atoms with Crippen LogP contribution < -0.4 is 0 Å². The molecule has 0 unspecified atom stereocenters. The third kappa shape index (κ3) is 4.62. The first-order chi connectivity index (χ1) is 15.0. The number of rotatable bonds is 2. The minimum Gasteiger partial charge on any atom is -0.512 e. The van der Waals surface area contributed by atoms with E-state index in [2.05, 4.69) is 17.1 Å². The van der Waals surface area contributed by atoms with Crippen LogP contribution in [0.5, 0.6) is 0 Å². The van der Waals surface area contributed by atoms with Crippen LogP contribution in [0, 0.1) is 13.0 Å². The van der Waals surface area contributed by atoms with Crippen LogP contribution in [-0.4, -0.2) is 20.9 Å². The van der Waals surface area contributed by atoms with Crippen LogP contribution in [0.1, 0.15) is 19.4 Å². The Bertz CT molecular complexity index is 1440. The molecular formula is C26H21IrN2O3-. The van der Waals surface area contributed by atoms with Crippen molar-refractivity contribution in [3.8, 4) is 11.3 Å². The van der Waals surface area contributed by atoms with E-state index in [9.17, 15) is 4.79 Å². The fourth-order valence-electron chi connectivity index (χ4n) is 3.50. The van der Waals surface area contributed by atoms with Gasteiger partial charge in [0, 0.05) is 48.8 Å². The molecule has 32 heavy (non-hydrogen) atoms. The molecule has 6 heteroatoms. The van der Waals surface area contributed by atoms with Gasteiger partial charge in [0.15, 0.2) is 11.4 Å². The first-order valence-corrected chi connectivity index (χ1v) is 9.87. The summed E-state index contributed by atoms with van der Waals surface area (Å²) in [5.74, 6) is -0.0625. The zero-order valence-corrected chi connectivity index (χ0v) is 20.2. The summed E-state index contributed by atoms with van der Waals surface area (Å²) in [5.41, 5.74) is 6.22. The molecular weight excluding hydrogens is 581 g/mol. The molecule has 5 aromatic rings. The Morgan fingerprint density at radius 1 is 1.06 bits per heavy atom. The zero-order chi connectivity index (χ0) is 22.0. The van der Waals surface area contributed by atoms with Gasteiger partial charge in [-0.15, -0.1) is 35.9 Å². The van der Waals surface area contributed by atoms with E-state index in [4.69, 9.17) is 14.5 Å². The Morgan fingerprint density at radius 3 is 2.47 bits per heavy atom. The van der Waals surface area contributed by atoms with Crippen molar-refractivity contribution in [3.05, 3.63) is 84.3 Å². The van der Waals surface area contributed by atoms with Crippen molar-refractivity contribution >= 4 is 38.8 Å². The molecule has 1 radical (unpaired) electrons. The van der Waals surface area contributed by atoms with Crippen LogP contribution >= 0.6 is 0 Å². The van der Waals surface area contributed by atoms with E-state index in [1.807, 2.05) is 61.7 Å². The number of nitrogens with zero attached hydrogens (tertiary/aromatic N) is 2. The van der Waals surface area contributed by atoms with E-state index in [1.165, 1.54) is 19.9 Å². The van der Waals surface area contributed by atoms with Crippen LogP contribution in [-0.2, 0) is 24.9 Å². The second-order valence-corrected chi connectivity index (χ2v) is 7.26. The van der Waals surface area contributed by atoms with Crippen molar-refractivity contribution in [2.75, 3.05) is 0 Å². The average Bonchev–Trinajstić information content (AvgIpc) is 3.15. The molecule has 0 bridgehead atoms. The van der Waals surface area contributed by atoms with Crippen LogP contribution in [0.15, 0.2) is 77.0 Å². The molecule has 0 spiro atoms. The summed E-state index contributed by atoms with van der Waals surface area (Å²) in [6, 6.07) is 21.2. The van der Waals surface area contributed by atoms with Crippen LogP contribution in [0.25, 0.3) is 44.2 Å². The number of ketones is 1. The van der Waals surface area contributed by atoms with Gasteiger partial charge in [-0.1, -0.05) is 18.2 Å². The number of carbonyl (C=O) groups is 1. The Balaban J connectivity index is 0.000000318. The molecule has 0 aliphatic carbocycles. The van der Waals surface area contributed by atoms with E-state index in [0.717, 1.165) is 49.8 Å². The Kier molecular flexibility index (Phi) is 7.18. The molecule has 2 aromatic carbocycles. The van der Waals surface area contributed by atoms with E-state index in [0.29, 0.717) is 0 Å². The summed E-state index contributed by atoms with van der Waals surface area (Å²) in [6.07, 6.45) is 3.00. The topological polar surface area (TPSA) is 76.2 Å². The summed E-state index contributed by atoms with van der Waals surface area (Å²) >= 11 is 0. The van der Waals surface area contributed by atoms with Crippen molar-refractivity contribution in [2.45, 2.75) is 20.8 Å². The number of pyridine rings is 2. The van der Waals surface area contributed by atoms with Gasteiger partial charge >= 0.3 is 0 Å². The Hall–Kier alpha value is -3.34. The summed E-state index contributed by atoms with van der Waals surface area (Å²) in [7, 11) is 0. The number of aliphatic hydroxyl groups is 1. The monoisotopic (exact) mass is 602 g/mol. The van der Waals surface area contributed by atoms with E-state index in [1.54, 1.807) is 0 Å². The Labute approximate surface area is 199 Å². The third-order valence-corrected chi connectivity index (χ3v) is 4.77. The first-order valence-electron chi connectivity index (χ1n) is 9.87. The molecule has 1 N–H and O–H groups in total. The molecule has 5 nitrogen and oxygen atoms in total. The van der Waals surface area contributed by atoms with Crippen LogP contribution in [0.4, 0.5) is 0 Å². The number of benzene rings is 2. The number of aromatic nitrogens is 2. The molecule has 0 saturated carbocycles. The number of aliphatic hydroxyl groups excluding tert-OH is 1. The molecule has 163 valence electrons. The Morgan fingerprint density at radius 2 is 1.81 bits per heavy atom. The predicted molar refractivity (Wildman–Crippen MR) is 123 cm³/mol. The number of carbonyl (C=O) groups excluding carboxylic acids is 1. The van der Waals surface area contributed by atoms with Gasteiger partial charge in [0.2, 0.25) is 0 Å². The maximum absolute atomic E-state index is 10.0. The smallest absolute Gasteiger partial charge is 0.155 e. The molecule has 0 fully saturated rings. The minimum atomic E-state index is -0.125. The molecule has 3 aromatic heterocycles. The second kappa shape index (κ2) is 9.86. The first kappa shape index (κ1) is 23.3. The van der Waals surface area contributed by atoms with E-state index < -0.39 is 0 Å². The van der Waals surface area contributed by atoms with Gasteiger partial charge in [-0.2, -0.15) is 0 Å². The van der Waals surface area contributed by atoms with Crippen molar-refractivity contribution in [3.63, 3.8) is 0 Å². The molecule has 3 heterocycles. The average molecular weight is 602 g/mol. The normalized spacial score (nSPS) is 11.2. The summed E-state index contributed by atoms with van der Waals surface area (Å²) < 4.78 is 6.23. The van der Waals surface area contributed by atoms with Crippen LogP contribution in [0.3, 0.4) is 0 Å². The summed E-state index contributed by atoms with van der Waals surface area (Å²) in [6.45, 7) is 4.89. The summed E-state index contributed by atoms with van der Waals surface area (Å²) in [5, 5.41) is 10.4. The fourth-order valence-corrected chi connectivity index (χ4v) is 3.50. The SMILES string of the molecule is CC(=O)/C=C(/C)O.Cc1ccnc2c1oc1c(-c3[c-]cccc3)nc3ccccc3c12.[Ir]. The standard InChI is InChI=1S/C21H13N2O.C5H8O2.Ir/c1-13-11-12-22-19-17-15-9-5-6-10-16(15)23-18(21(17)24-20(13)19)14-7-3-2-4-8-14;1-4(6)3-5(2)7;/h2-7,9-12H,1H3;3,6H,1-2H3;/q-1;;/b;4-3-;. The van der Waals surface area contributed by atoms with Crippen LogP contribution in [0.2, 0.25) is 0 Å². The van der Waals surface area contributed by atoms with Gasteiger partial charge in [0.1, 0.15) is 11.1 Å². The van der Waals surface area contributed by atoms with E-state index in [-0.39, 0.29) is 31.6 Å². The van der Waals surface area contributed by atoms with Crippen molar-refractivity contribution in [1.29, 1.82) is 0 Å². The molecule has 0 amide bonds. The van der Waals surface area contributed by atoms with Gasteiger partial charge in [-0.05, 0) is 38.5 Å². The third-order valence-electron chi connectivity index (χ3n) is 4.77. The molecule has 0 aliphatic rings. The second-order valence-electron chi connectivity index (χ2n) is 7.26. The van der Waals surface area contributed by atoms with Crippen molar-refractivity contribution in [2.24, 2.45) is 0 Å². The molecule has 0 atom stereocenters. The molecule has 5 rings (SSSR count). The number of fused-ring (bicyclic) bond motifs is 5. The van der Waals surface area contributed by atoms with E-state index >= 15 is 0 Å². The maximum atomic E-state index is 10.0. The number of allylic oxidation sites excluding steroid dienone is 2. The van der Waals surface area contributed by atoms with Gasteiger partial charge in [0.25, 0.3) is 0 Å². The predicted octanol–water partition coefficient (Wildman–Crippen LogP) is 6.34. The van der Waals surface area contributed by atoms with Gasteiger partial charge in [0.05, 0.1) is 11.3 Å². The largest absolute Gasteiger partial charge is 0.512 e. The fraction of sp³-hybridized carbons (Fsp3) is 0.115. The minimum absolute atomic E-state index is 0. The number of furan rings is 1. The van der Waals surface area contributed by atoms with Gasteiger partial charge in [-0.3, -0.25) is 14.8 Å². The quantitative estimate of drug-likeness (QED) is 0.145. The molecule has 0 saturated heterocycles. The number of para-hydroxylation sites is 1. The number of hydrogen-bond acceptors (Lipinski definition) is 5.